The van der Waals surface area contributed by atoms with Crippen molar-refractivity contribution < 1.29 is 14.4 Å². The van der Waals surface area contributed by atoms with Gasteiger partial charge in [-0.2, -0.15) is 0 Å². The highest BCUT2D eigenvalue weighted by atomic mass is 16.5. The molecule has 2 N–H and O–H groups in total. The Balaban J connectivity index is 2.66. The van der Waals surface area contributed by atoms with E-state index in [4.69, 9.17) is 4.74 Å². The predicted octanol–water partition coefficient (Wildman–Crippen LogP) is 0.0909. The summed E-state index contributed by atoms with van der Waals surface area (Å²) in [6.45, 7) is 3.18. The smallest absolute Gasteiger partial charge is 0.246 e. The molecule has 1 amide bonds. The van der Waals surface area contributed by atoms with Crippen molar-refractivity contribution >= 4 is 11.6 Å². The molecule has 21 heavy (non-hydrogen) atoms. The number of quaternary nitrogens is 1. The van der Waals surface area contributed by atoms with Crippen LogP contribution in [0.1, 0.15) is 18.5 Å². The molecular formula is C16H28N3O2+. The fourth-order valence-electron chi connectivity index (χ4n) is 2.12. The average molecular weight is 294 g/mol. The van der Waals surface area contributed by atoms with Crippen LogP contribution in [-0.4, -0.2) is 53.9 Å². The summed E-state index contributed by atoms with van der Waals surface area (Å²) >= 11 is 0. The first kappa shape index (κ1) is 17.5. The standard InChI is InChI=1S/C16H27N3O2/c1-6-21-12-16(20)17-11-15(19(4)5)13-7-9-14(10-8-13)18(2)3/h7-10,15H,6,11-12H2,1-5H3,(H,17,20)/p+1/t15-/m0/s1. The van der Waals surface area contributed by atoms with Gasteiger partial charge < -0.3 is 19.9 Å². The highest BCUT2D eigenvalue weighted by Gasteiger charge is 2.18. The van der Waals surface area contributed by atoms with Crippen LogP contribution in [0, 0.1) is 0 Å². The molecule has 0 saturated carbocycles. The van der Waals surface area contributed by atoms with Crippen molar-refractivity contribution in [1.29, 1.82) is 0 Å². The van der Waals surface area contributed by atoms with Crippen molar-refractivity contribution in [1.82, 2.24) is 5.32 Å². The number of hydrogen-bond donors (Lipinski definition) is 2. The summed E-state index contributed by atoms with van der Waals surface area (Å²) in [5, 5.41) is 2.94. The second kappa shape index (κ2) is 8.64. The van der Waals surface area contributed by atoms with Crippen LogP contribution in [0.15, 0.2) is 24.3 Å². The molecule has 0 heterocycles. The van der Waals surface area contributed by atoms with Gasteiger partial charge in [-0.3, -0.25) is 4.79 Å². The number of nitrogens with one attached hydrogen (secondary N) is 2. The van der Waals surface area contributed by atoms with Gasteiger partial charge in [-0.25, -0.2) is 0 Å². The first-order chi connectivity index (χ1) is 9.95. The van der Waals surface area contributed by atoms with Crippen LogP contribution in [0.3, 0.4) is 0 Å². The largest absolute Gasteiger partial charge is 0.378 e. The molecular weight excluding hydrogens is 266 g/mol. The molecule has 0 bridgehead atoms. The maximum absolute atomic E-state index is 11.7. The van der Waals surface area contributed by atoms with Crippen LogP contribution in [-0.2, 0) is 9.53 Å². The minimum absolute atomic E-state index is 0.0620. The van der Waals surface area contributed by atoms with Gasteiger partial charge >= 0.3 is 0 Å². The Morgan fingerprint density at radius 3 is 2.38 bits per heavy atom. The van der Waals surface area contributed by atoms with E-state index in [0.29, 0.717) is 13.2 Å². The van der Waals surface area contributed by atoms with Gasteiger partial charge in [-0.05, 0) is 19.1 Å². The number of likely N-dealkylation sites (N-methyl/N-ethyl adjacent to an activating group) is 1. The topological polar surface area (TPSA) is 46.0 Å². The van der Waals surface area contributed by atoms with E-state index < -0.39 is 0 Å². The van der Waals surface area contributed by atoms with E-state index in [2.05, 4.69) is 48.6 Å². The maximum atomic E-state index is 11.7. The molecule has 0 aliphatic heterocycles. The molecule has 5 heteroatoms. The summed E-state index contributed by atoms with van der Waals surface area (Å²) in [5.41, 5.74) is 2.39. The molecule has 0 fully saturated rings. The van der Waals surface area contributed by atoms with Crippen molar-refractivity contribution in [3.05, 3.63) is 29.8 Å². The fourth-order valence-corrected chi connectivity index (χ4v) is 2.12. The lowest BCUT2D eigenvalue weighted by Gasteiger charge is -2.23. The van der Waals surface area contributed by atoms with Crippen LogP contribution in [0.5, 0.6) is 0 Å². The van der Waals surface area contributed by atoms with Gasteiger partial charge in [0.2, 0.25) is 5.91 Å². The predicted molar refractivity (Wildman–Crippen MR) is 85.8 cm³/mol. The molecule has 5 nitrogen and oxygen atoms in total. The third kappa shape index (κ3) is 5.73. The van der Waals surface area contributed by atoms with E-state index >= 15 is 0 Å². The third-order valence-electron chi connectivity index (χ3n) is 3.45. The molecule has 1 aromatic carbocycles. The van der Waals surface area contributed by atoms with Crippen molar-refractivity contribution in [3.8, 4) is 0 Å². The summed E-state index contributed by atoms with van der Waals surface area (Å²) in [6.07, 6.45) is 0. The highest BCUT2D eigenvalue weighted by molar-refractivity contribution is 5.77. The Morgan fingerprint density at radius 2 is 1.90 bits per heavy atom. The molecule has 1 aromatic rings. The third-order valence-corrected chi connectivity index (χ3v) is 3.45. The van der Waals surface area contributed by atoms with Crippen molar-refractivity contribution in [3.63, 3.8) is 0 Å². The normalized spacial score (nSPS) is 12.3. The Hall–Kier alpha value is -1.59. The number of ether oxygens (including phenoxy) is 1. The minimum Gasteiger partial charge on any atom is -0.378 e. The van der Waals surface area contributed by atoms with Gasteiger partial charge in [0.05, 0.1) is 20.6 Å². The molecule has 1 rings (SSSR count). The van der Waals surface area contributed by atoms with E-state index in [1.165, 1.54) is 16.2 Å². The monoisotopic (exact) mass is 294 g/mol. The Morgan fingerprint density at radius 1 is 1.29 bits per heavy atom. The number of carbonyl (C=O) groups excluding carboxylic acids is 1. The molecule has 0 saturated heterocycles. The molecule has 0 aliphatic carbocycles. The Labute approximate surface area is 127 Å². The zero-order valence-electron chi connectivity index (χ0n) is 13.8. The van der Waals surface area contributed by atoms with Gasteiger partial charge in [-0.1, -0.05) is 12.1 Å². The summed E-state index contributed by atoms with van der Waals surface area (Å²) in [7, 11) is 8.24. The number of anilines is 1. The number of benzene rings is 1. The fraction of sp³-hybridized carbons (Fsp3) is 0.562. The molecule has 0 aliphatic rings. The SMILES string of the molecule is CCOCC(=O)NC[C@@H](c1ccc(N(C)C)cc1)[NH+](C)C. The summed E-state index contributed by atoms with van der Waals surface area (Å²) < 4.78 is 5.11. The maximum Gasteiger partial charge on any atom is 0.246 e. The zero-order chi connectivity index (χ0) is 15.8. The van der Waals surface area contributed by atoms with E-state index in [-0.39, 0.29) is 18.6 Å². The molecule has 1 atom stereocenters. The molecule has 0 unspecified atom stereocenters. The first-order valence-corrected chi connectivity index (χ1v) is 7.37. The van der Waals surface area contributed by atoms with Crippen molar-refractivity contribution in [2.45, 2.75) is 13.0 Å². The van der Waals surface area contributed by atoms with E-state index in [0.717, 1.165) is 0 Å². The molecule has 0 spiro atoms. The summed E-state index contributed by atoms with van der Waals surface area (Å²) in [6, 6.07) is 8.69. The van der Waals surface area contributed by atoms with Gasteiger partial charge in [0.25, 0.3) is 0 Å². The second-order valence-corrected chi connectivity index (χ2v) is 5.56. The average Bonchev–Trinajstić information content (AvgIpc) is 2.45. The van der Waals surface area contributed by atoms with E-state index in [1.807, 2.05) is 21.0 Å². The van der Waals surface area contributed by atoms with Crippen molar-refractivity contribution in [2.24, 2.45) is 0 Å². The van der Waals surface area contributed by atoms with Crippen LogP contribution < -0.4 is 15.1 Å². The number of nitrogens with zero attached hydrogens (tertiary/aromatic N) is 1. The van der Waals surface area contributed by atoms with Crippen LogP contribution >= 0.6 is 0 Å². The van der Waals surface area contributed by atoms with E-state index in [1.54, 1.807) is 0 Å². The lowest BCUT2D eigenvalue weighted by molar-refractivity contribution is -0.890. The lowest BCUT2D eigenvalue weighted by Crippen LogP contribution is -3.07. The molecule has 118 valence electrons. The highest BCUT2D eigenvalue weighted by Crippen LogP contribution is 2.15. The first-order valence-electron chi connectivity index (χ1n) is 7.37. The second-order valence-electron chi connectivity index (χ2n) is 5.56. The van der Waals surface area contributed by atoms with Crippen LogP contribution in [0.2, 0.25) is 0 Å². The van der Waals surface area contributed by atoms with Crippen LogP contribution in [0.4, 0.5) is 5.69 Å². The number of rotatable bonds is 8. The van der Waals surface area contributed by atoms with E-state index in [9.17, 15) is 4.79 Å². The molecule has 0 radical (unpaired) electrons. The van der Waals surface area contributed by atoms with Crippen LogP contribution in [0.25, 0.3) is 0 Å². The number of hydrogen-bond acceptors (Lipinski definition) is 3. The minimum atomic E-state index is -0.0620. The Kier molecular flexibility index (Phi) is 7.19. The summed E-state index contributed by atoms with van der Waals surface area (Å²) in [4.78, 5) is 15.0. The quantitative estimate of drug-likeness (QED) is 0.714. The number of amides is 1. The van der Waals surface area contributed by atoms with Gasteiger partial charge in [0.15, 0.2) is 0 Å². The Bertz CT molecular complexity index is 430. The summed E-state index contributed by atoms with van der Waals surface area (Å²) in [5.74, 6) is -0.0620. The number of carbonyl (C=O) groups is 1. The van der Waals surface area contributed by atoms with Gasteiger partial charge in [0.1, 0.15) is 12.6 Å². The lowest BCUT2D eigenvalue weighted by atomic mass is 10.1. The van der Waals surface area contributed by atoms with Gasteiger partial charge in [0, 0.05) is 32.0 Å². The van der Waals surface area contributed by atoms with Gasteiger partial charge in [-0.15, -0.1) is 0 Å². The molecule has 0 aromatic heterocycles. The van der Waals surface area contributed by atoms with Crippen molar-refractivity contribution in [2.75, 3.05) is 52.8 Å². The zero-order valence-corrected chi connectivity index (χ0v) is 13.8.